The van der Waals surface area contributed by atoms with Crippen LogP contribution in [-0.4, -0.2) is 39.4 Å². The van der Waals surface area contributed by atoms with E-state index in [1.165, 1.54) is 36.8 Å². The summed E-state index contributed by atoms with van der Waals surface area (Å²) in [5.41, 5.74) is 8.89. The molecule has 1 aromatic carbocycles. The van der Waals surface area contributed by atoms with Gasteiger partial charge in [0.1, 0.15) is 0 Å². The normalized spacial score (nSPS) is 18.5. The first-order chi connectivity index (χ1) is 10.00. The van der Waals surface area contributed by atoms with Crippen LogP contribution in [-0.2, 0) is 13.5 Å². The predicted molar refractivity (Wildman–Crippen MR) is 87.3 cm³/mol. The van der Waals surface area contributed by atoms with Crippen LogP contribution in [0.2, 0.25) is 0 Å². The monoisotopic (exact) mass is 286 g/mol. The molecule has 2 heterocycles. The fraction of sp³-hybridized carbons (Fsp3) is 0.588. The maximum Gasteiger partial charge on any atom is 0.0719 e. The predicted octanol–water partition coefficient (Wildman–Crippen LogP) is 2.32. The summed E-state index contributed by atoms with van der Waals surface area (Å²) in [6, 6.07) is 8.48. The number of rotatable bonds is 4. The van der Waals surface area contributed by atoms with Crippen LogP contribution in [0.25, 0.3) is 10.9 Å². The van der Waals surface area contributed by atoms with Gasteiger partial charge in [-0.3, -0.25) is 9.58 Å². The molecule has 1 aromatic heterocycles. The van der Waals surface area contributed by atoms with Gasteiger partial charge in [-0.15, -0.1) is 0 Å². The van der Waals surface area contributed by atoms with Gasteiger partial charge in [-0.05, 0) is 45.8 Å². The Morgan fingerprint density at radius 3 is 2.62 bits per heavy atom. The summed E-state index contributed by atoms with van der Waals surface area (Å²) >= 11 is 0. The van der Waals surface area contributed by atoms with E-state index in [1.807, 2.05) is 11.7 Å². The Morgan fingerprint density at radius 2 is 1.90 bits per heavy atom. The Hall–Kier alpha value is -1.39. The maximum atomic E-state index is 6.57. The van der Waals surface area contributed by atoms with Crippen LogP contribution in [0.5, 0.6) is 0 Å². The molecule has 0 spiro atoms. The van der Waals surface area contributed by atoms with Gasteiger partial charge < -0.3 is 5.73 Å². The fourth-order valence-corrected chi connectivity index (χ4v) is 3.43. The first kappa shape index (κ1) is 14.5. The van der Waals surface area contributed by atoms with Gasteiger partial charge in [0, 0.05) is 30.4 Å². The molecular weight excluding hydrogens is 260 g/mol. The summed E-state index contributed by atoms with van der Waals surface area (Å²) < 4.78 is 1.96. The van der Waals surface area contributed by atoms with E-state index in [0.29, 0.717) is 0 Å². The largest absolute Gasteiger partial charge is 0.326 e. The highest BCUT2D eigenvalue weighted by Crippen LogP contribution is 2.26. The number of nitrogens with two attached hydrogens (primary N) is 1. The van der Waals surface area contributed by atoms with E-state index >= 15 is 0 Å². The number of hydrogen-bond donors (Lipinski definition) is 1. The Morgan fingerprint density at radius 1 is 1.24 bits per heavy atom. The molecule has 1 unspecified atom stereocenters. The molecule has 0 radical (unpaired) electrons. The summed E-state index contributed by atoms with van der Waals surface area (Å²) in [5, 5.41) is 5.92. The maximum absolute atomic E-state index is 6.57. The number of fused-ring (bicyclic) bond motifs is 1. The molecule has 2 aromatic rings. The zero-order valence-electron chi connectivity index (χ0n) is 13.3. The van der Waals surface area contributed by atoms with Gasteiger partial charge in [-0.1, -0.05) is 18.2 Å². The molecule has 1 aliphatic heterocycles. The molecule has 1 atom stereocenters. The lowest BCUT2D eigenvalue weighted by Gasteiger charge is -2.40. The van der Waals surface area contributed by atoms with Crippen LogP contribution < -0.4 is 5.73 Å². The molecule has 1 fully saturated rings. The molecule has 0 amide bonds. The van der Waals surface area contributed by atoms with Gasteiger partial charge in [-0.2, -0.15) is 5.10 Å². The molecule has 0 saturated carbocycles. The number of aryl methyl sites for hydroxylation is 1. The van der Waals surface area contributed by atoms with Gasteiger partial charge in [0.15, 0.2) is 0 Å². The van der Waals surface area contributed by atoms with Crippen molar-refractivity contribution in [2.75, 3.05) is 13.1 Å². The average Bonchev–Trinajstić information content (AvgIpc) is 3.09. The molecule has 1 aliphatic rings. The van der Waals surface area contributed by atoms with Gasteiger partial charge in [0.2, 0.25) is 0 Å². The molecule has 0 bridgehead atoms. The zero-order valence-corrected chi connectivity index (χ0v) is 13.3. The Kier molecular flexibility index (Phi) is 3.76. The van der Waals surface area contributed by atoms with Crippen molar-refractivity contribution in [1.82, 2.24) is 14.7 Å². The number of aromatic nitrogens is 2. The molecular formula is C17H26N4. The summed E-state index contributed by atoms with van der Waals surface area (Å²) in [4.78, 5) is 2.53. The standard InChI is InChI=1S/C17H26N4/c1-17(2,21-10-6-7-11-21)16(18)12-14-13-8-4-5-9-15(13)20(3)19-14/h4-5,8-9,16H,6-7,10-12,18H2,1-3H3. The lowest BCUT2D eigenvalue weighted by Crippen LogP contribution is -2.56. The summed E-state index contributed by atoms with van der Waals surface area (Å²) in [6.45, 7) is 6.88. The molecule has 2 N–H and O–H groups in total. The van der Waals surface area contributed by atoms with Gasteiger partial charge in [0.05, 0.1) is 11.2 Å². The minimum Gasteiger partial charge on any atom is -0.326 e. The summed E-state index contributed by atoms with van der Waals surface area (Å²) in [5.74, 6) is 0. The lowest BCUT2D eigenvalue weighted by molar-refractivity contribution is 0.123. The van der Waals surface area contributed by atoms with Gasteiger partial charge in [0.25, 0.3) is 0 Å². The minimum absolute atomic E-state index is 0.0229. The number of hydrogen-bond acceptors (Lipinski definition) is 3. The minimum atomic E-state index is 0.0229. The van der Waals surface area contributed by atoms with Crippen LogP contribution in [0.4, 0.5) is 0 Å². The van der Waals surface area contributed by atoms with Crippen molar-refractivity contribution in [2.45, 2.75) is 44.7 Å². The van der Waals surface area contributed by atoms with Crippen molar-refractivity contribution in [3.05, 3.63) is 30.0 Å². The topological polar surface area (TPSA) is 47.1 Å². The molecule has 0 aliphatic carbocycles. The van der Waals surface area contributed by atoms with Crippen LogP contribution in [0.3, 0.4) is 0 Å². The van der Waals surface area contributed by atoms with Crippen molar-refractivity contribution >= 4 is 10.9 Å². The van der Waals surface area contributed by atoms with Crippen molar-refractivity contribution < 1.29 is 0 Å². The van der Waals surface area contributed by atoms with E-state index in [2.05, 4.69) is 48.1 Å². The molecule has 4 heteroatoms. The molecule has 21 heavy (non-hydrogen) atoms. The van der Waals surface area contributed by atoms with E-state index in [4.69, 9.17) is 5.73 Å². The summed E-state index contributed by atoms with van der Waals surface area (Å²) in [7, 11) is 2.00. The van der Waals surface area contributed by atoms with Gasteiger partial charge >= 0.3 is 0 Å². The Balaban J connectivity index is 1.84. The van der Waals surface area contributed by atoms with Crippen molar-refractivity contribution in [2.24, 2.45) is 12.8 Å². The first-order valence-electron chi connectivity index (χ1n) is 7.91. The second-order valence-electron chi connectivity index (χ2n) is 6.75. The molecule has 114 valence electrons. The third-order valence-electron chi connectivity index (χ3n) is 5.08. The second-order valence-corrected chi connectivity index (χ2v) is 6.75. The van der Waals surface area contributed by atoms with E-state index in [9.17, 15) is 0 Å². The highest BCUT2D eigenvalue weighted by molar-refractivity contribution is 5.81. The van der Waals surface area contributed by atoms with E-state index in [1.54, 1.807) is 0 Å². The second kappa shape index (κ2) is 5.43. The van der Waals surface area contributed by atoms with Crippen molar-refractivity contribution in [3.63, 3.8) is 0 Å². The zero-order chi connectivity index (χ0) is 15.0. The summed E-state index contributed by atoms with van der Waals surface area (Å²) in [6.07, 6.45) is 3.41. The lowest BCUT2D eigenvalue weighted by atomic mass is 9.89. The smallest absolute Gasteiger partial charge is 0.0719 e. The molecule has 1 saturated heterocycles. The number of likely N-dealkylation sites (tertiary alicyclic amines) is 1. The van der Waals surface area contributed by atoms with Gasteiger partial charge in [-0.25, -0.2) is 0 Å². The van der Waals surface area contributed by atoms with Crippen LogP contribution in [0.1, 0.15) is 32.4 Å². The third-order valence-corrected chi connectivity index (χ3v) is 5.08. The van der Waals surface area contributed by atoms with Crippen LogP contribution in [0.15, 0.2) is 24.3 Å². The van der Waals surface area contributed by atoms with E-state index in [0.717, 1.165) is 12.1 Å². The highest BCUT2D eigenvalue weighted by Gasteiger charge is 2.35. The molecule has 4 nitrogen and oxygen atoms in total. The van der Waals surface area contributed by atoms with Crippen molar-refractivity contribution in [1.29, 1.82) is 0 Å². The first-order valence-corrected chi connectivity index (χ1v) is 7.91. The Labute approximate surface area is 126 Å². The van der Waals surface area contributed by atoms with Crippen molar-refractivity contribution in [3.8, 4) is 0 Å². The highest BCUT2D eigenvalue weighted by atomic mass is 15.3. The number of para-hydroxylation sites is 1. The van der Waals surface area contributed by atoms with E-state index in [-0.39, 0.29) is 11.6 Å². The average molecular weight is 286 g/mol. The number of nitrogens with zero attached hydrogens (tertiary/aromatic N) is 3. The number of benzene rings is 1. The van der Waals surface area contributed by atoms with E-state index < -0.39 is 0 Å². The van der Waals surface area contributed by atoms with Crippen LogP contribution >= 0.6 is 0 Å². The SMILES string of the molecule is Cn1nc(CC(N)C(C)(C)N2CCCC2)c2ccccc21. The fourth-order valence-electron chi connectivity index (χ4n) is 3.43. The Bertz CT molecular complexity index is 623. The molecule has 3 rings (SSSR count). The quantitative estimate of drug-likeness (QED) is 0.938. The third kappa shape index (κ3) is 2.58. The van der Waals surface area contributed by atoms with Crippen LogP contribution in [0, 0.1) is 0 Å².